The first kappa shape index (κ1) is 26.9. The minimum atomic E-state index is -3.98. The highest BCUT2D eigenvalue weighted by Crippen LogP contribution is 2.29. The van der Waals surface area contributed by atoms with E-state index in [9.17, 15) is 18.0 Å². The molecule has 0 N–H and O–H groups in total. The first-order valence-electron chi connectivity index (χ1n) is 11.2. The Morgan fingerprint density at radius 2 is 1.82 bits per heavy atom. The largest absolute Gasteiger partial charge is 0.466 e. The lowest BCUT2D eigenvalue weighted by Crippen LogP contribution is -2.43. The third kappa shape index (κ3) is 8.81. The van der Waals surface area contributed by atoms with Crippen LogP contribution in [0.15, 0.2) is 41.3 Å². The number of unbranched alkanes of at least 4 members (excludes halogenated alkanes) is 1. The fourth-order valence-corrected chi connectivity index (χ4v) is 4.59. The van der Waals surface area contributed by atoms with Gasteiger partial charge in [-0.3, -0.25) is 8.98 Å². The van der Waals surface area contributed by atoms with Crippen LogP contribution in [0.2, 0.25) is 0 Å². The van der Waals surface area contributed by atoms with Crippen LogP contribution in [0.5, 0.6) is 0 Å². The second-order valence-corrected chi connectivity index (χ2v) is 10.7. The predicted octanol–water partition coefficient (Wildman–Crippen LogP) is 4.37. The van der Waals surface area contributed by atoms with Gasteiger partial charge < -0.3 is 14.4 Å². The van der Waals surface area contributed by atoms with Gasteiger partial charge in [0.1, 0.15) is 5.60 Å². The molecule has 8 nitrogen and oxygen atoms in total. The van der Waals surface area contributed by atoms with E-state index in [1.165, 1.54) is 19.1 Å². The number of likely N-dealkylation sites (tertiary alicyclic amines) is 1. The Morgan fingerprint density at radius 1 is 1.15 bits per heavy atom. The standard InChI is InChI=1S/C24H35NO7S/c1-18-11-13-20(14-12-18)33(28,29)32-22-15-16-25(23(27)31-24(3,4)5)21(22)10-8-6-7-9-17-30-19(2)26/h6,8,11-14,21-22H,7,9-10,15-17H2,1-5H3/b8-6-/t21-,22-/m0/s1. The number of carbonyl (C=O) groups is 2. The summed E-state index contributed by atoms with van der Waals surface area (Å²) in [4.78, 5) is 25.2. The molecule has 1 aliphatic heterocycles. The van der Waals surface area contributed by atoms with Crippen molar-refractivity contribution in [1.82, 2.24) is 4.90 Å². The molecular weight excluding hydrogens is 446 g/mol. The number of carbonyl (C=O) groups excluding carboxylic acids is 2. The van der Waals surface area contributed by atoms with Crippen molar-refractivity contribution in [2.45, 2.75) is 82.9 Å². The van der Waals surface area contributed by atoms with Gasteiger partial charge >= 0.3 is 12.1 Å². The van der Waals surface area contributed by atoms with Crippen LogP contribution in [0.1, 0.15) is 58.9 Å². The summed E-state index contributed by atoms with van der Waals surface area (Å²) in [5, 5.41) is 0. The first-order chi connectivity index (χ1) is 15.4. The minimum absolute atomic E-state index is 0.0866. The van der Waals surface area contributed by atoms with Crippen molar-refractivity contribution in [3.63, 3.8) is 0 Å². The van der Waals surface area contributed by atoms with Crippen LogP contribution in [-0.4, -0.2) is 56.3 Å². The summed E-state index contributed by atoms with van der Waals surface area (Å²) in [6, 6.07) is 5.99. The maximum absolute atomic E-state index is 12.8. The number of nitrogens with zero attached hydrogens (tertiary/aromatic N) is 1. The highest BCUT2D eigenvalue weighted by Gasteiger charge is 2.41. The van der Waals surface area contributed by atoms with Crippen LogP contribution in [0.4, 0.5) is 4.79 Å². The summed E-state index contributed by atoms with van der Waals surface area (Å²) in [5.74, 6) is -0.312. The lowest BCUT2D eigenvalue weighted by atomic mass is 10.1. The predicted molar refractivity (Wildman–Crippen MR) is 124 cm³/mol. The number of hydrogen-bond acceptors (Lipinski definition) is 7. The summed E-state index contributed by atoms with van der Waals surface area (Å²) >= 11 is 0. The Kier molecular flexibility index (Phi) is 9.48. The third-order valence-corrected chi connectivity index (χ3v) is 6.39. The van der Waals surface area contributed by atoms with Gasteiger partial charge in [-0.2, -0.15) is 8.42 Å². The lowest BCUT2D eigenvalue weighted by molar-refractivity contribution is -0.141. The molecule has 1 aromatic rings. The highest BCUT2D eigenvalue weighted by molar-refractivity contribution is 7.86. The maximum Gasteiger partial charge on any atom is 0.410 e. The first-order valence-corrected chi connectivity index (χ1v) is 12.6. The maximum atomic E-state index is 12.8. The zero-order valence-electron chi connectivity index (χ0n) is 20.1. The van der Waals surface area contributed by atoms with E-state index in [1.54, 1.807) is 37.8 Å². The molecule has 1 aliphatic rings. The minimum Gasteiger partial charge on any atom is -0.466 e. The van der Waals surface area contributed by atoms with Gasteiger partial charge in [0.05, 0.1) is 23.6 Å². The monoisotopic (exact) mass is 481 g/mol. The summed E-state index contributed by atoms with van der Waals surface area (Å²) in [6.07, 6.45) is 4.83. The second-order valence-electron chi connectivity index (χ2n) is 9.12. The fraction of sp³-hybridized carbons (Fsp3) is 0.583. The number of benzene rings is 1. The molecule has 0 bridgehead atoms. The molecule has 1 saturated heterocycles. The van der Waals surface area contributed by atoms with E-state index < -0.39 is 34.0 Å². The van der Waals surface area contributed by atoms with Crippen molar-refractivity contribution in [2.75, 3.05) is 13.2 Å². The molecule has 184 valence electrons. The van der Waals surface area contributed by atoms with E-state index in [2.05, 4.69) is 0 Å². The van der Waals surface area contributed by atoms with Crippen molar-refractivity contribution in [3.8, 4) is 0 Å². The summed E-state index contributed by atoms with van der Waals surface area (Å²) in [6.45, 7) is 9.29. The average Bonchev–Trinajstić information content (AvgIpc) is 3.08. The van der Waals surface area contributed by atoms with Crippen LogP contribution in [-0.2, 0) is 28.6 Å². The number of ether oxygens (including phenoxy) is 2. The Labute approximate surface area is 197 Å². The number of aryl methyl sites for hydroxylation is 1. The molecule has 2 atom stereocenters. The number of amides is 1. The zero-order chi connectivity index (χ0) is 24.6. The zero-order valence-corrected chi connectivity index (χ0v) is 20.9. The van der Waals surface area contributed by atoms with E-state index >= 15 is 0 Å². The van der Waals surface area contributed by atoms with Crippen molar-refractivity contribution < 1.29 is 31.7 Å². The molecule has 1 fully saturated rings. The van der Waals surface area contributed by atoms with E-state index in [0.29, 0.717) is 38.8 Å². The van der Waals surface area contributed by atoms with Gasteiger partial charge in [0, 0.05) is 13.5 Å². The van der Waals surface area contributed by atoms with E-state index in [0.717, 1.165) is 5.56 Å². The van der Waals surface area contributed by atoms with Gasteiger partial charge in [-0.05, 0) is 65.5 Å². The normalized spacial score (nSPS) is 19.1. The van der Waals surface area contributed by atoms with Gasteiger partial charge in [-0.15, -0.1) is 0 Å². The third-order valence-electron chi connectivity index (χ3n) is 5.04. The van der Waals surface area contributed by atoms with E-state index in [1.807, 2.05) is 19.1 Å². The molecule has 2 rings (SSSR count). The highest BCUT2D eigenvalue weighted by atomic mass is 32.2. The molecule has 1 aromatic carbocycles. The van der Waals surface area contributed by atoms with Crippen LogP contribution < -0.4 is 0 Å². The smallest absolute Gasteiger partial charge is 0.410 e. The molecular formula is C24H35NO7S. The Hall–Kier alpha value is -2.39. The lowest BCUT2D eigenvalue weighted by Gasteiger charge is -2.29. The number of esters is 1. The second kappa shape index (κ2) is 11.7. The molecule has 1 heterocycles. The number of allylic oxidation sites excluding steroid dienone is 1. The van der Waals surface area contributed by atoms with Gasteiger partial charge in [0.2, 0.25) is 0 Å². The fourth-order valence-electron chi connectivity index (χ4n) is 3.46. The van der Waals surface area contributed by atoms with Gasteiger partial charge in [0.15, 0.2) is 0 Å². The molecule has 9 heteroatoms. The Morgan fingerprint density at radius 3 is 2.42 bits per heavy atom. The number of hydrogen-bond donors (Lipinski definition) is 0. The Bertz CT molecular complexity index is 933. The SMILES string of the molecule is CC(=O)OCCC/C=C\C[C@H]1[C@@H](OS(=O)(=O)c2ccc(C)cc2)CCN1C(=O)OC(C)(C)C. The topological polar surface area (TPSA) is 99.2 Å². The Balaban J connectivity index is 2.10. The van der Waals surface area contributed by atoms with Crippen molar-refractivity contribution in [2.24, 2.45) is 0 Å². The van der Waals surface area contributed by atoms with Crippen molar-refractivity contribution in [3.05, 3.63) is 42.0 Å². The molecule has 0 radical (unpaired) electrons. The molecule has 0 aromatic heterocycles. The molecule has 33 heavy (non-hydrogen) atoms. The van der Waals surface area contributed by atoms with Gasteiger partial charge in [-0.25, -0.2) is 4.79 Å². The average molecular weight is 482 g/mol. The quantitative estimate of drug-likeness (QED) is 0.223. The summed E-state index contributed by atoms with van der Waals surface area (Å²) in [5.41, 5.74) is 0.281. The van der Waals surface area contributed by atoms with Crippen LogP contribution in [0.3, 0.4) is 0 Å². The summed E-state index contributed by atoms with van der Waals surface area (Å²) < 4.78 is 41.7. The van der Waals surface area contributed by atoms with Crippen LogP contribution in [0, 0.1) is 6.92 Å². The molecule has 0 unspecified atom stereocenters. The van der Waals surface area contributed by atoms with Crippen LogP contribution >= 0.6 is 0 Å². The summed E-state index contributed by atoms with van der Waals surface area (Å²) in [7, 11) is -3.98. The molecule has 0 spiro atoms. The van der Waals surface area contributed by atoms with Gasteiger partial charge in [0.25, 0.3) is 10.1 Å². The molecule has 0 aliphatic carbocycles. The van der Waals surface area contributed by atoms with Crippen LogP contribution in [0.25, 0.3) is 0 Å². The van der Waals surface area contributed by atoms with E-state index in [4.69, 9.17) is 13.7 Å². The number of rotatable bonds is 9. The van der Waals surface area contributed by atoms with Crippen molar-refractivity contribution >= 4 is 22.2 Å². The van der Waals surface area contributed by atoms with E-state index in [-0.39, 0.29) is 10.9 Å². The van der Waals surface area contributed by atoms with Crippen molar-refractivity contribution in [1.29, 1.82) is 0 Å². The molecule has 0 saturated carbocycles. The van der Waals surface area contributed by atoms with Gasteiger partial charge in [-0.1, -0.05) is 29.8 Å². The molecule has 1 amide bonds.